The van der Waals surface area contributed by atoms with Gasteiger partial charge in [0.05, 0.1) is 0 Å². The van der Waals surface area contributed by atoms with E-state index in [1.54, 1.807) is 0 Å². The Hall–Kier alpha value is -0.530. The summed E-state index contributed by atoms with van der Waals surface area (Å²) in [4.78, 5) is 14.2. The van der Waals surface area contributed by atoms with Gasteiger partial charge >= 0.3 is 0 Å². The van der Waals surface area contributed by atoms with Gasteiger partial charge in [0, 0.05) is 22.2 Å². The molecule has 2 N–H and O–H groups in total. The number of hydrogen-bond acceptors (Lipinski definition) is 3. The minimum absolute atomic E-state index is 0. The van der Waals surface area contributed by atoms with E-state index < -0.39 is 0 Å². The zero-order valence-corrected chi connectivity index (χ0v) is 15.1. The van der Waals surface area contributed by atoms with Gasteiger partial charge < -0.3 is 15.4 Å². The average Bonchev–Trinajstić information content (AvgIpc) is 2.46. The van der Waals surface area contributed by atoms with Gasteiger partial charge in [-0.25, -0.2) is 0 Å². The lowest BCUT2D eigenvalue weighted by Crippen LogP contribution is -2.52. The molecule has 0 aliphatic carbocycles. The second-order valence-electron chi connectivity index (χ2n) is 5.25. The maximum absolute atomic E-state index is 12.3. The molecule has 2 atom stereocenters. The molecule has 1 aliphatic rings. The fraction of sp³-hybridized carbons (Fsp3) is 0.533. The van der Waals surface area contributed by atoms with Crippen molar-refractivity contribution in [3.63, 3.8) is 0 Å². The number of benzene rings is 1. The highest BCUT2D eigenvalue weighted by Crippen LogP contribution is 2.20. The van der Waals surface area contributed by atoms with E-state index in [0.717, 1.165) is 35.1 Å². The van der Waals surface area contributed by atoms with Gasteiger partial charge in [0.1, 0.15) is 5.75 Å². The van der Waals surface area contributed by atoms with Gasteiger partial charge in [-0.3, -0.25) is 4.79 Å². The summed E-state index contributed by atoms with van der Waals surface area (Å²) in [6.07, 6.45) is 3.19. The molecule has 0 aromatic heterocycles. The molecule has 0 saturated carbocycles. The summed E-state index contributed by atoms with van der Waals surface area (Å²) in [5.74, 6) is 0.763. The number of amides is 1. The van der Waals surface area contributed by atoms with Crippen molar-refractivity contribution in [2.24, 2.45) is 5.73 Å². The standard InChI is InChI=1S/C15H21IN2O2.ClH/c1-11(17)14-4-2-3-9-18(14)15(19)10-20-13-7-5-12(16)6-8-13;/h5-8,11,14H,2-4,9-10,17H2,1H3;1H. The van der Waals surface area contributed by atoms with Crippen LogP contribution in [-0.2, 0) is 4.79 Å². The number of piperidine rings is 1. The number of likely N-dealkylation sites (tertiary alicyclic amines) is 1. The van der Waals surface area contributed by atoms with Crippen LogP contribution in [0, 0.1) is 3.57 Å². The molecule has 1 amide bonds. The van der Waals surface area contributed by atoms with Crippen LogP contribution in [0.4, 0.5) is 0 Å². The third-order valence-electron chi connectivity index (χ3n) is 3.65. The van der Waals surface area contributed by atoms with E-state index >= 15 is 0 Å². The monoisotopic (exact) mass is 424 g/mol. The predicted molar refractivity (Wildman–Crippen MR) is 94.9 cm³/mol. The summed E-state index contributed by atoms with van der Waals surface area (Å²) >= 11 is 2.24. The van der Waals surface area contributed by atoms with Crippen LogP contribution in [0.3, 0.4) is 0 Å². The van der Waals surface area contributed by atoms with Crippen molar-refractivity contribution in [2.75, 3.05) is 13.2 Å². The van der Waals surface area contributed by atoms with E-state index in [2.05, 4.69) is 22.6 Å². The van der Waals surface area contributed by atoms with Gasteiger partial charge in [-0.05, 0) is 73.0 Å². The molecule has 118 valence electrons. The molecular formula is C15H22ClIN2O2. The molecule has 1 aromatic carbocycles. The molecule has 1 saturated heterocycles. The number of carbonyl (C=O) groups is 1. The average molecular weight is 425 g/mol. The van der Waals surface area contributed by atoms with Crippen LogP contribution in [0.15, 0.2) is 24.3 Å². The highest BCUT2D eigenvalue weighted by molar-refractivity contribution is 14.1. The second-order valence-corrected chi connectivity index (χ2v) is 6.50. The van der Waals surface area contributed by atoms with Crippen molar-refractivity contribution in [3.8, 4) is 5.75 Å². The van der Waals surface area contributed by atoms with Gasteiger partial charge in [-0.1, -0.05) is 0 Å². The Balaban J connectivity index is 0.00000220. The topological polar surface area (TPSA) is 55.6 Å². The van der Waals surface area contributed by atoms with Crippen LogP contribution in [0.2, 0.25) is 0 Å². The third-order valence-corrected chi connectivity index (χ3v) is 4.37. The minimum atomic E-state index is 0. The van der Waals surface area contributed by atoms with Crippen molar-refractivity contribution in [1.82, 2.24) is 4.90 Å². The van der Waals surface area contributed by atoms with Crippen LogP contribution in [0.5, 0.6) is 5.75 Å². The van der Waals surface area contributed by atoms with Crippen LogP contribution in [0.1, 0.15) is 26.2 Å². The number of rotatable bonds is 4. The molecule has 0 bridgehead atoms. The van der Waals surface area contributed by atoms with E-state index in [1.807, 2.05) is 36.1 Å². The highest BCUT2D eigenvalue weighted by Gasteiger charge is 2.29. The summed E-state index contributed by atoms with van der Waals surface area (Å²) in [5.41, 5.74) is 5.98. The van der Waals surface area contributed by atoms with Crippen molar-refractivity contribution in [3.05, 3.63) is 27.8 Å². The number of nitrogens with zero attached hydrogens (tertiary/aromatic N) is 1. The first-order chi connectivity index (χ1) is 9.58. The van der Waals surface area contributed by atoms with Crippen LogP contribution >= 0.6 is 35.0 Å². The maximum atomic E-state index is 12.3. The Morgan fingerprint density at radius 3 is 2.71 bits per heavy atom. The van der Waals surface area contributed by atoms with E-state index in [9.17, 15) is 4.79 Å². The summed E-state index contributed by atoms with van der Waals surface area (Å²) in [6.45, 7) is 2.85. The molecule has 1 aromatic rings. The molecule has 1 heterocycles. The Bertz CT molecular complexity index is 453. The van der Waals surface area contributed by atoms with E-state index in [-0.39, 0.29) is 37.0 Å². The lowest BCUT2D eigenvalue weighted by atomic mass is 9.97. The fourth-order valence-corrected chi connectivity index (χ4v) is 2.93. The zero-order chi connectivity index (χ0) is 14.5. The quantitative estimate of drug-likeness (QED) is 0.756. The van der Waals surface area contributed by atoms with Gasteiger partial charge in [0.15, 0.2) is 6.61 Å². The van der Waals surface area contributed by atoms with Gasteiger partial charge in [-0.2, -0.15) is 0 Å². The Kier molecular flexibility index (Phi) is 7.76. The van der Waals surface area contributed by atoms with Crippen LogP contribution in [0.25, 0.3) is 0 Å². The fourth-order valence-electron chi connectivity index (χ4n) is 2.57. The Morgan fingerprint density at radius 1 is 1.43 bits per heavy atom. The van der Waals surface area contributed by atoms with Crippen molar-refractivity contribution in [1.29, 1.82) is 0 Å². The van der Waals surface area contributed by atoms with Crippen LogP contribution in [-0.4, -0.2) is 36.0 Å². The van der Waals surface area contributed by atoms with Gasteiger partial charge in [0.2, 0.25) is 0 Å². The van der Waals surface area contributed by atoms with Gasteiger partial charge in [0.25, 0.3) is 5.91 Å². The number of carbonyl (C=O) groups excluding carboxylic acids is 1. The summed E-state index contributed by atoms with van der Waals surface area (Å²) in [6, 6.07) is 7.86. The molecule has 2 unspecified atom stereocenters. The zero-order valence-electron chi connectivity index (χ0n) is 12.1. The molecule has 4 nitrogen and oxygen atoms in total. The SMILES string of the molecule is CC(N)C1CCCCN1C(=O)COc1ccc(I)cc1.Cl. The first-order valence-electron chi connectivity index (χ1n) is 7.01. The Labute approximate surface area is 145 Å². The summed E-state index contributed by atoms with van der Waals surface area (Å²) in [7, 11) is 0. The van der Waals surface area contributed by atoms with Gasteiger partial charge in [-0.15, -0.1) is 12.4 Å². The lowest BCUT2D eigenvalue weighted by molar-refractivity contribution is -0.137. The van der Waals surface area contributed by atoms with Crippen molar-refractivity contribution < 1.29 is 9.53 Å². The normalized spacial score (nSPS) is 19.6. The van der Waals surface area contributed by atoms with Crippen molar-refractivity contribution in [2.45, 2.75) is 38.3 Å². The van der Waals surface area contributed by atoms with Crippen molar-refractivity contribution >= 4 is 40.9 Å². The molecule has 2 rings (SSSR count). The smallest absolute Gasteiger partial charge is 0.260 e. The summed E-state index contributed by atoms with van der Waals surface area (Å²) < 4.78 is 6.72. The first kappa shape index (κ1) is 18.5. The predicted octanol–water partition coefficient (Wildman–Crippen LogP) is 2.82. The Morgan fingerprint density at radius 2 is 2.10 bits per heavy atom. The van der Waals surface area contributed by atoms with E-state index in [0.29, 0.717) is 0 Å². The lowest BCUT2D eigenvalue weighted by Gasteiger charge is -2.38. The molecule has 1 fully saturated rings. The third kappa shape index (κ3) is 5.30. The number of halogens is 2. The molecule has 0 radical (unpaired) electrons. The second kappa shape index (κ2) is 8.80. The molecular weight excluding hydrogens is 403 g/mol. The maximum Gasteiger partial charge on any atom is 0.260 e. The largest absolute Gasteiger partial charge is 0.484 e. The minimum Gasteiger partial charge on any atom is -0.484 e. The number of ether oxygens (including phenoxy) is 1. The number of nitrogens with two attached hydrogens (primary N) is 1. The molecule has 21 heavy (non-hydrogen) atoms. The molecule has 6 heteroatoms. The molecule has 1 aliphatic heterocycles. The first-order valence-corrected chi connectivity index (χ1v) is 8.09. The van der Waals surface area contributed by atoms with E-state index in [4.69, 9.17) is 10.5 Å². The van der Waals surface area contributed by atoms with E-state index in [1.165, 1.54) is 0 Å². The summed E-state index contributed by atoms with van der Waals surface area (Å²) in [5, 5.41) is 0. The highest BCUT2D eigenvalue weighted by atomic mass is 127. The number of hydrogen-bond donors (Lipinski definition) is 1. The van der Waals surface area contributed by atoms with Crippen LogP contribution < -0.4 is 10.5 Å². The molecule has 0 spiro atoms.